The van der Waals surface area contributed by atoms with Crippen LogP contribution in [-0.2, 0) is 0 Å². The first-order valence-corrected chi connectivity index (χ1v) is 6.28. The topological polar surface area (TPSA) is 64.3 Å². The first-order valence-electron chi connectivity index (χ1n) is 6.28. The first kappa shape index (κ1) is 12.7. The second kappa shape index (κ2) is 4.52. The lowest BCUT2D eigenvalue weighted by Crippen LogP contribution is -2.28. The summed E-state index contributed by atoms with van der Waals surface area (Å²) in [5.41, 5.74) is 7.06. The molecule has 1 aliphatic carbocycles. The third-order valence-electron chi connectivity index (χ3n) is 3.40. The molecule has 0 spiro atoms. The number of benzene rings is 1. The highest BCUT2D eigenvalue weighted by atomic mass is 16.5. The molecular weight excluding hydrogens is 228 g/mol. The van der Waals surface area contributed by atoms with Gasteiger partial charge in [0, 0.05) is 6.04 Å². The van der Waals surface area contributed by atoms with Crippen molar-refractivity contribution in [2.75, 3.05) is 12.3 Å². The molecule has 0 aromatic heterocycles. The van der Waals surface area contributed by atoms with Gasteiger partial charge in [0.05, 0.1) is 17.9 Å². The molecule has 0 bridgehead atoms. The molecule has 1 unspecified atom stereocenters. The van der Waals surface area contributed by atoms with Gasteiger partial charge in [-0.05, 0) is 30.9 Å². The lowest BCUT2D eigenvalue weighted by molar-refractivity contribution is 0.0942. The molecule has 1 aromatic rings. The number of rotatable bonds is 4. The number of nitrogens with one attached hydrogen (secondary N) is 1. The molecule has 1 atom stereocenters. The minimum absolute atomic E-state index is 0.110. The minimum Gasteiger partial charge on any atom is -0.491 e. The van der Waals surface area contributed by atoms with Crippen LogP contribution in [0.5, 0.6) is 5.75 Å². The van der Waals surface area contributed by atoms with Gasteiger partial charge in [0.25, 0.3) is 5.91 Å². The minimum atomic E-state index is -0.110. The Morgan fingerprint density at radius 3 is 2.78 bits per heavy atom. The number of carbonyl (C=O) groups is 1. The highest BCUT2D eigenvalue weighted by molar-refractivity contribution is 5.99. The number of nitrogen functional groups attached to an aromatic ring is 1. The van der Waals surface area contributed by atoms with Crippen molar-refractivity contribution in [3.8, 4) is 5.75 Å². The van der Waals surface area contributed by atoms with E-state index in [4.69, 9.17) is 10.5 Å². The Labute approximate surface area is 108 Å². The van der Waals surface area contributed by atoms with E-state index in [1.54, 1.807) is 18.2 Å². The standard InChI is InChI=1S/C14H20N2O2/c1-4-18-12-9(6-5-7-10(12)15)13(17)16-11-8-14(11,2)3/h5-7,11H,4,8,15H2,1-3H3,(H,16,17). The smallest absolute Gasteiger partial charge is 0.255 e. The summed E-state index contributed by atoms with van der Waals surface area (Å²) in [7, 11) is 0. The summed E-state index contributed by atoms with van der Waals surface area (Å²) in [6.07, 6.45) is 1.02. The van der Waals surface area contributed by atoms with Crippen molar-refractivity contribution >= 4 is 11.6 Å². The lowest BCUT2D eigenvalue weighted by atomic mass is 10.1. The Bertz CT molecular complexity index is 469. The Morgan fingerprint density at radius 1 is 1.56 bits per heavy atom. The quantitative estimate of drug-likeness (QED) is 0.803. The lowest BCUT2D eigenvalue weighted by Gasteiger charge is -2.13. The van der Waals surface area contributed by atoms with Crippen LogP contribution in [0.15, 0.2) is 18.2 Å². The zero-order chi connectivity index (χ0) is 13.3. The monoisotopic (exact) mass is 248 g/mol. The second-order valence-electron chi connectivity index (χ2n) is 5.38. The molecule has 1 amide bonds. The van der Waals surface area contributed by atoms with Gasteiger partial charge in [-0.15, -0.1) is 0 Å². The van der Waals surface area contributed by atoms with Gasteiger partial charge in [-0.2, -0.15) is 0 Å². The number of anilines is 1. The van der Waals surface area contributed by atoms with Gasteiger partial charge in [0.15, 0.2) is 5.75 Å². The van der Waals surface area contributed by atoms with E-state index in [0.717, 1.165) is 6.42 Å². The largest absolute Gasteiger partial charge is 0.491 e. The van der Waals surface area contributed by atoms with Crippen molar-refractivity contribution in [3.05, 3.63) is 23.8 Å². The third-order valence-corrected chi connectivity index (χ3v) is 3.40. The maximum absolute atomic E-state index is 12.2. The van der Waals surface area contributed by atoms with Crippen LogP contribution in [0.4, 0.5) is 5.69 Å². The number of nitrogens with two attached hydrogens (primary N) is 1. The molecule has 1 fully saturated rings. The van der Waals surface area contributed by atoms with Gasteiger partial charge < -0.3 is 15.8 Å². The van der Waals surface area contributed by atoms with E-state index in [0.29, 0.717) is 23.6 Å². The number of para-hydroxylation sites is 1. The van der Waals surface area contributed by atoms with Crippen molar-refractivity contribution in [2.45, 2.75) is 33.2 Å². The number of hydrogen-bond acceptors (Lipinski definition) is 3. The van der Waals surface area contributed by atoms with Crippen molar-refractivity contribution in [1.82, 2.24) is 5.32 Å². The van der Waals surface area contributed by atoms with Crippen LogP contribution in [-0.4, -0.2) is 18.6 Å². The third kappa shape index (κ3) is 2.42. The molecule has 0 saturated heterocycles. The summed E-state index contributed by atoms with van der Waals surface area (Å²) in [6.45, 7) is 6.64. The molecule has 1 aromatic carbocycles. The summed E-state index contributed by atoms with van der Waals surface area (Å²) in [5, 5.41) is 3.01. The van der Waals surface area contributed by atoms with Gasteiger partial charge in [0.1, 0.15) is 0 Å². The van der Waals surface area contributed by atoms with Crippen molar-refractivity contribution in [3.63, 3.8) is 0 Å². The van der Waals surface area contributed by atoms with E-state index in [1.165, 1.54) is 0 Å². The Balaban J connectivity index is 2.17. The highest BCUT2D eigenvalue weighted by Crippen LogP contribution is 2.44. The molecule has 18 heavy (non-hydrogen) atoms. The predicted octanol–water partition coefficient (Wildman–Crippen LogP) is 2.20. The molecule has 3 N–H and O–H groups in total. The number of ether oxygens (including phenoxy) is 1. The van der Waals surface area contributed by atoms with Crippen LogP contribution in [0.25, 0.3) is 0 Å². The molecule has 98 valence electrons. The van der Waals surface area contributed by atoms with Gasteiger partial charge in [0.2, 0.25) is 0 Å². The highest BCUT2D eigenvalue weighted by Gasteiger charge is 2.46. The zero-order valence-corrected chi connectivity index (χ0v) is 11.1. The molecule has 4 heteroatoms. The molecule has 0 heterocycles. The summed E-state index contributed by atoms with van der Waals surface area (Å²) in [5.74, 6) is 0.372. The normalized spacial score (nSPS) is 20.3. The van der Waals surface area contributed by atoms with Crippen LogP contribution < -0.4 is 15.8 Å². The molecule has 1 saturated carbocycles. The number of carbonyl (C=O) groups excluding carboxylic acids is 1. The average Bonchev–Trinajstić information content (AvgIpc) is 2.89. The number of hydrogen-bond donors (Lipinski definition) is 2. The maximum atomic E-state index is 12.2. The van der Waals surface area contributed by atoms with E-state index in [1.807, 2.05) is 6.92 Å². The fourth-order valence-corrected chi connectivity index (χ4v) is 1.99. The molecule has 0 aliphatic heterocycles. The summed E-state index contributed by atoms with van der Waals surface area (Å²) in [4.78, 5) is 12.2. The molecule has 1 aliphatic rings. The summed E-state index contributed by atoms with van der Waals surface area (Å²) >= 11 is 0. The predicted molar refractivity (Wildman–Crippen MR) is 71.7 cm³/mol. The molecular formula is C14H20N2O2. The SMILES string of the molecule is CCOc1c(N)cccc1C(=O)NC1CC1(C)C. The van der Waals surface area contributed by atoms with Crippen LogP contribution in [0, 0.1) is 5.41 Å². The van der Waals surface area contributed by atoms with Gasteiger partial charge >= 0.3 is 0 Å². The average molecular weight is 248 g/mol. The maximum Gasteiger partial charge on any atom is 0.255 e. The molecule has 0 radical (unpaired) electrons. The van der Waals surface area contributed by atoms with Gasteiger partial charge in [-0.25, -0.2) is 0 Å². The summed E-state index contributed by atoms with van der Waals surface area (Å²) in [6, 6.07) is 5.50. The Hall–Kier alpha value is -1.71. The van der Waals surface area contributed by atoms with Crippen molar-refractivity contribution in [2.24, 2.45) is 5.41 Å². The van der Waals surface area contributed by atoms with Crippen molar-refractivity contribution in [1.29, 1.82) is 0 Å². The fraction of sp³-hybridized carbons (Fsp3) is 0.500. The first-order chi connectivity index (χ1) is 8.45. The van der Waals surface area contributed by atoms with Crippen LogP contribution in [0.1, 0.15) is 37.6 Å². The fourth-order valence-electron chi connectivity index (χ4n) is 1.99. The molecule has 2 rings (SSSR count). The zero-order valence-electron chi connectivity index (χ0n) is 11.1. The van der Waals surface area contributed by atoms with Crippen molar-refractivity contribution < 1.29 is 9.53 Å². The Kier molecular flexibility index (Phi) is 3.20. The second-order valence-corrected chi connectivity index (χ2v) is 5.38. The van der Waals surface area contributed by atoms with Gasteiger partial charge in [-0.3, -0.25) is 4.79 Å². The van der Waals surface area contributed by atoms with E-state index in [9.17, 15) is 4.79 Å². The summed E-state index contributed by atoms with van der Waals surface area (Å²) < 4.78 is 5.46. The van der Waals surface area contributed by atoms with E-state index >= 15 is 0 Å². The Morgan fingerprint density at radius 2 is 2.22 bits per heavy atom. The van der Waals surface area contributed by atoms with E-state index in [2.05, 4.69) is 19.2 Å². The van der Waals surface area contributed by atoms with Crippen LogP contribution >= 0.6 is 0 Å². The molecule has 4 nitrogen and oxygen atoms in total. The van der Waals surface area contributed by atoms with Crippen LogP contribution in [0.3, 0.4) is 0 Å². The van der Waals surface area contributed by atoms with E-state index < -0.39 is 0 Å². The van der Waals surface area contributed by atoms with Crippen LogP contribution in [0.2, 0.25) is 0 Å². The number of amides is 1. The van der Waals surface area contributed by atoms with E-state index in [-0.39, 0.29) is 17.4 Å². The van der Waals surface area contributed by atoms with Gasteiger partial charge in [-0.1, -0.05) is 19.9 Å².